The molecule has 0 spiro atoms. The number of hydrogen-bond donors (Lipinski definition) is 1. The van der Waals surface area contributed by atoms with Crippen LogP contribution >= 0.6 is 0 Å². The first kappa shape index (κ1) is 30.3. The number of nitrogens with two attached hydrogens (primary N) is 1. The SMILES string of the molecule is CC(C)(c1nnc(-c2ccc3c(c2)N(Cc2ccc(OCc4ccccc4F)cc2)C(=O)[C@@H](N)CS3(=O)=O)o1)S(C)(=O)=O. The van der Waals surface area contributed by atoms with Crippen molar-refractivity contribution in [2.45, 2.75) is 42.7 Å². The Morgan fingerprint density at radius 1 is 1.09 bits per heavy atom. The fourth-order valence-electron chi connectivity index (χ4n) is 4.40. The van der Waals surface area contributed by atoms with Crippen molar-refractivity contribution >= 4 is 31.3 Å². The molecule has 0 aliphatic carbocycles. The molecule has 1 aliphatic rings. The van der Waals surface area contributed by atoms with Gasteiger partial charge in [0.1, 0.15) is 22.9 Å². The van der Waals surface area contributed by atoms with Gasteiger partial charge in [-0.15, -0.1) is 10.2 Å². The molecule has 1 aromatic heterocycles. The Kier molecular flexibility index (Phi) is 7.88. The highest BCUT2D eigenvalue weighted by atomic mass is 32.2. The molecule has 0 fully saturated rings. The monoisotopic (exact) mass is 628 g/mol. The number of rotatable bonds is 8. The minimum atomic E-state index is -3.95. The van der Waals surface area contributed by atoms with E-state index in [0.29, 0.717) is 16.9 Å². The van der Waals surface area contributed by atoms with Crippen molar-refractivity contribution in [1.82, 2.24) is 10.2 Å². The van der Waals surface area contributed by atoms with E-state index in [2.05, 4.69) is 10.2 Å². The number of nitrogens with zero attached hydrogens (tertiary/aromatic N) is 3. The van der Waals surface area contributed by atoms with Gasteiger partial charge in [-0.05, 0) is 55.8 Å². The molecule has 5 rings (SSSR count). The molecule has 0 radical (unpaired) electrons. The lowest BCUT2D eigenvalue weighted by Crippen LogP contribution is -2.45. The predicted octanol–water partition coefficient (Wildman–Crippen LogP) is 3.38. The Morgan fingerprint density at radius 2 is 1.79 bits per heavy atom. The van der Waals surface area contributed by atoms with Gasteiger partial charge in [0.25, 0.3) is 0 Å². The largest absolute Gasteiger partial charge is 0.489 e. The molecule has 2 N–H and O–H groups in total. The molecule has 1 amide bonds. The van der Waals surface area contributed by atoms with Crippen LogP contribution in [0.5, 0.6) is 5.75 Å². The van der Waals surface area contributed by atoms with Crippen LogP contribution in [0.2, 0.25) is 0 Å². The maximum Gasteiger partial charge on any atom is 0.247 e. The molecule has 0 saturated heterocycles. The maximum absolute atomic E-state index is 13.9. The van der Waals surface area contributed by atoms with Crippen LogP contribution in [0.15, 0.2) is 76.0 Å². The summed E-state index contributed by atoms with van der Waals surface area (Å²) in [7, 11) is -7.56. The minimum Gasteiger partial charge on any atom is -0.489 e. The molecular weight excluding hydrogens is 599 g/mol. The van der Waals surface area contributed by atoms with Gasteiger partial charge in [-0.2, -0.15) is 0 Å². The lowest BCUT2D eigenvalue weighted by molar-refractivity contribution is -0.119. The van der Waals surface area contributed by atoms with Crippen molar-refractivity contribution in [3.63, 3.8) is 0 Å². The van der Waals surface area contributed by atoms with E-state index in [9.17, 15) is 26.0 Å². The second kappa shape index (κ2) is 11.2. The van der Waals surface area contributed by atoms with Crippen LogP contribution in [0.3, 0.4) is 0 Å². The summed E-state index contributed by atoms with van der Waals surface area (Å²) in [5, 5.41) is 7.88. The zero-order valence-electron chi connectivity index (χ0n) is 23.5. The number of hydrogen-bond acceptors (Lipinski definition) is 10. The molecule has 0 unspecified atom stereocenters. The molecule has 1 aliphatic heterocycles. The number of sulfone groups is 2. The summed E-state index contributed by atoms with van der Waals surface area (Å²) < 4.78 is 74.7. The van der Waals surface area contributed by atoms with Gasteiger partial charge in [-0.3, -0.25) is 4.79 Å². The van der Waals surface area contributed by atoms with E-state index in [1.807, 2.05) is 0 Å². The van der Waals surface area contributed by atoms with Crippen molar-refractivity contribution < 1.29 is 35.2 Å². The summed E-state index contributed by atoms with van der Waals surface area (Å²) in [5.41, 5.74) is 7.42. The maximum atomic E-state index is 13.9. The van der Waals surface area contributed by atoms with Crippen molar-refractivity contribution in [2.75, 3.05) is 16.9 Å². The highest BCUT2D eigenvalue weighted by Gasteiger charge is 2.39. The molecule has 4 aromatic rings. The third kappa shape index (κ3) is 6.03. The number of ether oxygens (including phenoxy) is 1. The third-order valence-electron chi connectivity index (χ3n) is 7.30. The number of aromatic nitrogens is 2. The smallest absolute Gasteiger partial charge is 0.247 e. The molecule has 226 valence electrons. The number of anilines is 1. The summed E-state index contributed by atoms with van der Waals surface area (Å²) in [6, 6.07) is 15.9. The number of benzene rings is 3. The van der Waals surface area contributed by atoms with E-state index < -0.39 is 42.1 Å². The highest BCUT2D eigenvalue weighted by molar-refractivity contribution is 7.92. The Morgan fingerprint density at radius 3 is 2.47 bits per heavy atom. The number of carbonyl (C=O) groups is 1. The van der Waals surface area contributed by atoms with Crippen LogP contribution in [0, 0.1) is 5.82 Å². The van der Waals surface area contributed by atoms with Crippen molar-refractivity contribution in [3.8, 4) is 17.2 Å². The number of amides is 1. The third-order valence-corrected chi connectivity index (χ3v) is 11.1. The summed E-state index contributed by atoms with van der Waals surface area (Å²) in [5.74, 6) is -1.28. The number of fused-ring (bicyclic) bond motifs is 1. The number of halogens is 1. The second-order valence-electron chi connectivity index (χ2n) is 10.7. The zero-order chi connectivity index (χ0) is 31.2. The molecule has 43 heavy (non-hydrogen) atoms. The standard InChI is InChI=1S/C29H29FN4O7S2/c1-29(2,42(3,36)37)28-33-32-26(41-28)19-10-13-25-24(14-19)34(27(35)23(31)17-43(25,38)39)15-18-8-11-21(12-9-18)40-16-20-6-4-5-7-22(20)30/h4-14,23H,15-17,31H2,1-3H3/t23-/m0/s1. The zero-order valence-corrected chi connectivity index (χ0v) is 25.2. The number of carbonyl (C=O) groups excluding carboxylic acids is 1. The van der Waals surface area contributed by atoms with Gasteiger partial charge >= 0.3 is 0 Å². The summed E-state index contributed by atoms with van der Waals surface area (Å²) >= 11 is 0. The first-order valence-electron chi connectivity index (χ1n) is 13.1. The fourth-order valence-corrected chi connectivity index (χ4v) is 6.35. The first-order chi connectivity index (χ1) is 20.2. The molecular formula is C29H29FN4O7S2. The van der Waals surface area contributed by atoms with Crippen LogP contribution in [0.4, 0.5) is 10.1 Å². The van der Waals surface area contributed by atoms with E-state index in [1.165, 1.54) is 43.0 Å². The normalized spacial score (nSPS) is 16.9. The van der Waals surface area contributed by atoms with Gasteiger partial charge in [0, 0.05) is 17.4 Å². The Bertz CT molecular complexity index is 1910. The summed E-state index contributed by atoms with van der Waals surface area (Å²) in [6.07, 6.45) is 1.05. The van der Waals surface area contributed by atoms with Gasteiger partial charge in [0.2, 0.25) is 17.7 Å². The van der Waals surface area contributed by atoms with E-state index in [4.69, 9.17) is 14.9 Å². The van der Waals surface area contributed by atoms with Crippen LogP contribution < -0.4 is 15.4 Å². The molecule has 3 aromatic carbocycles. The summed E-state index contributed by atoms with van der Waals surface area (Å²) in [4.78, 5) is 14.6. The highest BCUT2D eigenvalue weighted by Crippen LogP contribution is 2.36. The van der Waals surface area contributed by atoms with Crippen LogP contribution in [-0.2, 0) is 42.4 Å². The quantitative estimate of drug-likeness (QED) is 0.306. The van der Waals surface area contributed by atoms with Crippen molar-refractivity contribution in [1.29, 1.82) is 0 Å². The molecule has 0 saturated carbocycles. The van der Waals surface area contributed by atoms with Crippen molar-refractivity contribution in [2.24, 2.45) is 5.73 Å². The fraction of sp³-hybridized carbons (Fsp3) is 0.276. The van der Waals surface area contributed by atoms with Crippen molar-refractivity contribution in [3.05, 3.63) is 89.6 Å². The molecule has 0 bridgehead atoms. The average Bonchev–Trinajstić information content (AvgIpc) is 3.44. The van der Waals surface area contributed by atoms with E-state index in [1.54, 1.807) is 42.5 Å². The van der Waals surface area contributed by atoms with Gasteiger partial charge in [-0.25, -0.2) is 21.2 Å². The molecule has 2 heterocycles. The molecule has 11 nitrogen and oxygen atoms in total. The lowest BCUT2D eigenvalue weighted by atomic mass is 10.1. The van der Waals surface area contributed by atoms with E-state index in [0.717, 1.165) is 6.26 Å². The summed E-state index contributed by atoms with van der Waals surface area (Å²) in [6.45, 7) is 2.86. The molecule has 14 heteroatoms. The second-order valence-corrected chi connectivity index (χ2v) is 15.3. The van der Waals surface area contributed by atoms with Crippen LogP contribution in [-0.4, -0.2) is 51.0 Å². The van der Waals surface area contributed by atoms with Crippen LogP contribution in [0.1, 0.15) is 30.9 Å². The first-order valence-corrected chi connectivity index (χ1v) is 16.6. The average molecular weight is 629 g/mol. The lowest BCUT2D eigenvalue weighted by Gasteiger charge is -2.24. The topological polar surface area (TPSA) is 163 Å². The molecule has 1 atom stereocenters. The van der Waals surface area contributed by atoms with Crippen LogP contribution in [0.25, 0.3) is 11.5 Å². The van der Waals surface area contributed by atoms with Gasteiger partial charge in [-0.1, -0.05) is 30.3 Å². The van der Waals surface area contributed by atoms with Gasteiger partial charge in [0.05, 0.1) is 28.9 Å². The van der Waals surface area contributed by atoms with Gasteiger partial charge in [0.15, 0.2) is 19.7 Å². The Labute approximate surface area is 248 Å². The minimum absolute atomic E-state index is 0.0255. The predicted molar refractivity (Wildman–Crippen MR) is 156 cm³/mol. The van der Waals surface area contributed by atoms with E-state index >= 15 is 0 Å². The Balaban J connectivity index is 1.47. The van der Waals surface area contributed by atoms with Gasteiger partial charge < -0.3 is 19.8 Å². The van der Waals surface area contributed by atoms with E-state index in [-0.39, 0.29) is 46.9 Å². The Hall–Kier alpha value is -4.14.